The van der Waals surface area contributed by atoms with Crippen LogP contribution in [0.25, 0.3) is 66.1 Å². The lowest BCUT2D eigenvalue weighted by Gasteiger charge is -2.34. The SMILES string of the molecule is c1ccc(-n2c3ccccc3c3cccc(-c4ccc5c(c4)c4ccccc4n5-c4ccc([Si](c5ccccc5)(c5ccccc5)c5ccccc5)cc4)c32)cc1. The van der Waals surface area contributed by atoms with Gasteiger partial charge < -0.3 is 9.13 Å². The van der Waals surface area contributed by atoms with Crippen molar-refractivity contribution in [1.82, 2.24) is 9.13 Å². The van der Waals surface area contributed by atoms with Gasteiger partial charge in [0.15, 0.2) is 8.07 Å². The van der Waals surface area contributed by atoms with E-state index in [1.54, 1.807) is 0 Å². The smallest absolute Gasteiger partial charge is 0.179 e. The van der Waals surface area contributed by atoms with Gasteiger partial charge in [-0.3, -0.25) is 0 Å². The summed E-state index contributed by atoms with van der Waals surface area (Å²) in [5, 5.41) is 10.5. The van der Waals surface area contributed by atoms with Crippen LogP contribution in [-0.2, 0) is 0 Å². The van der Waals surface area contributed by atoms with Crippen molar-refractivity contribution in [2.45, 2.75) is 0 Å². The maximum absolute atomic E-state index is 2.64. The molecule has 2 heterocycles. The van der Waals surface area contributed by atoms with Gasteiger partial charge in [0.05, 0.1) is 22.1 Å². The summed E-state index contributed by atoms with van der Waals surface area (Å²) in [6.45, 7) is 0. The third kappa shape index (κ3) is 5.17. The van der Waals surface area contributed by atoms with Gasteiger partial charge in [0.2, 0.25) is 0 Å². The lowest BCUT2D eigenvalue weighted by Crippen LogP contribution is -2.74. The molecule has 0 radical (unpaired) electrons. The van der Waals surface area contributed by atoms with E-state index in [1.165, 1.54) is 75.5 Å². The van der Waals surface area contributed by atoms with Gasteiger partial charge in [-0.1, -0.05) is 182 Å². The largest absolute Gasteiger partial charge is 0.309 e. The monoisotopic (exact) mass is 742 g/mol. The molecule has 0 unspecified atom stereocenters. The average molecular weight is 743 g/mol. The second-order valence-electron chi connectivity index (χ2n) is 14.9. The lowest BCUT2D eigenvalue weighted by atomic mass is 10.00. The topological polar surface area (TPSA) is 9.86 Å². The molecule has 0 aliphatic heterocycles. The van der Waals surface area contributed by atoms with Crippen molar-refractivity contribution in [1.29, 1.82) is 0 Å². The average Bonchev–Trinajstić information content (AvgIpc) is 3.81. The molecule has 11 rings (SSSR count). The van der Waals surface area contributed by atoms with E-state index < -0.39 is 8.07 Å². The predicted octanol–water partition coefficient (Wildman–Crippen LogP) is 10.9. The van der Waals surface area contributed by atoms with Crippen molar-refractivity contribution in [3.05, 3.63) is 231 Å². The molecular weight excluding hydrogens is 705 g/mol. The van der Waals surface area contributed by atoms with Crippen molar-refractivity contribution in [2.24, 2.45) is 0 Å². The Kier molecular flexibility index (Phi) is 7.87. The third-order valence-electron chi connectivity index (χ3n) is 11.9. The molecule has 268 valence electrons. The summed E-state index contributed by atoms with van der Waals surface area (Å²) in [4.78, 5) is 0. The van der Waals surface area contributed by atoms with Gasteiger partial charge in [-0.25, -0.2) is 0 Å². The van der Waals surface area contributed by atoms with Crippen LogP contribution in [0.15, 0.2) is 231 Å². The van der Waals surface area contributed by atoms with Crippen molar-refractivity contribution in [3.63, 3.8) is 0 Å². The van der Waals surface area contributed by atoms with Crippen molar-refractivity contribution in [3.8, 4) is 22.5 Å². The van der Waals surface area contributed by atoms with Crippen LogP contribution in [0.5, 0.6) is 0 Å². The first-order valence-corrected chi connectivity index (χ1v) is 21.7. The van der Waals surface area contributed by atoms with Crippen LogP contribution >= 0.6 is 0 Å². The number of fused-ring (bicyclic) bond motifs is 6. The Balaban J connectivity index is 1.10. The van der Waals surface area contributed by atoms with Crippen LogP contribution in [-0.4, -0.2) is 17.2 Å². The summed E-state index contributed by atoms with van der Waals surface area (Å²) in [6, 6.07) is 85.0. The highest BCUT2D eigenvalue weighted by Gasteiger charge is 2.41. The zero-order valence-corrected chi connectivity index (χ0v) is 32.3. The molecule has 0 aliphatic rings. The fourth-order valence-electron chi connectivity index (χ4n) is 9.44. The summed E-state index contributed by atoms with van der Waals surface area (Å²) < 4.78 is 4.87. The predicted molar refractivity (Wildman–Crippen MR) is 244 cm³/mol. The summed E-state index contributed by atoms with van der Waals surface area (Å²) in [6.07, 6.45) is 0. The highest BCUT2D eigenvalue weighted by molar-refractivity contribution is 7.19. The van der Waals surface area contributed by atoms with Crippen LogP contribution in [0, 0.1) is 0 Å². The molecular formula is C54H38N2Si. The molecule has 0 fully saturated rings. The zero-order chi connectivity index (χ0) is 37.8. The molecule has 2 aromatic heterocycles. The van der Waals surface area contributed by atoms with Crippen molar-refractivity contribution in [2.75, 3.05) is 0 Å². The van der Waals surface area contributed by atoms with Gasteiger partial charge in [0, 0.05) is 38.5 Å². The lowest BCUT2D eigenvalue weighted by molar-refractivity contribution is 1.18. The first kappa shape index (κ1) is 33.2. The molecule has 0 atom stereocenters. The highest BCUT2D eigenvalue weighted by Crippen LogP contribution is 2.40. The minimum absolute atomic E-state index is 1.15. The van der Waals surface area contributed by atoms with Crippen LogP contribution < -0.4 is 20.7 Å². The van der Waals surface area contributed by atoms with E-state index >= 15 is 0 Å². The Labute approximate surface area is 333 Å². The van der Waals surface area contributed by atoms with Crippen molar-refractivity contribution < 1.29 is 0 Å². The number of benzene rings is 9. The zero-order valence-electron chi connectivity index (χ0n) is 31.3. The molecule has 0 amide bonds. The quantitative estimate of drug-likeness (QED) is 0.114. The molecule has 0 bridgehead atoms. The van der Waals surface area contributed by atoms with E-state index in [4.69, 9.17) is 0 Å². The molecule has 57 heavy (non-hydrogen) atoms. The van der Waals surface area contributed by atoms with Crippen LogP contribution in [0.3, 0.4) is 0 Å². The van der Waals surface area contributed by atoms with Gasteiger partial charge >= 0.3 is 0 Å². The van der Waals surface area contributed by atoms with Crippen LogP contribution in [0.1, 0.15) is 0 Å². The Morgan fingerprint density at radius 1 is 0.281 bits per heavy atom. The highest BCUT2D eigenvalue weighted by atomic mass is 28.3. The maximum Gasteiger partial charge on any atom is 0.179 e. The summed E-state index contributed by atoms with van der Waals surface area (Å²) in [5.74, 6) is 0. The minimum Gasteiger partial charge on any atom is -0.309 e. The second-order valence-corrected chi connectivity index (χ2v) is 18.7. The Bertz CT molecular complexity index is 3100. The van der Waals surface area contributed by atoms with Gasteiger partial charge in [-0.2, -0.15) is 0 Å². The summed E-state index contributed by atoms with van der Waals surface area (Å²) >= 11 is 0. The van der Waals surface area contributed by atoms with Gasteiger partial charge in [0.25, 0.3) is 0 Å². The number of nitrogens with zero attached hydrogens (tertiary/aromatic N) is 2. The fourth-order valence-corrected chi connectivity index (χ4v) is 14.2. The van der Waals surface area contributed by atoms with Gasteiger partial charge in [0.1, 0.15) is 0 Å². The molecule has 9 aromatic carbocycles. The van der Waals surface area contributed by atoms with E-state index in [0.717, 1.165) is 11.4 Å². The molecule has 11 aromatic rings. The van der Waals surface area contributed by atoms with E-state index in [-0.39, 0.29) is 0 Å². The Morgan fingerprint density at radius 3 is 1.32 bits per heavy atom. The van der Waals surface area contributed by atoms with Crippen molar-refractivity contribution >= 4 is 72.4 Å². The molecule has 0 saturated heterocycles. The standard InChI is InChI=1S/C54H38N2Si/c1-5-18-40(19-6-1)56-52-31-16-13-26-47(52)49-29-17-28-46(54(49)56)39-32-37-53-50(38-39)48-27-14-15-30-51(48)55(53)41-33-35-45(36-34-41)57(42-20-7-2-8-21-42,43-22-9-3-10-23-43)44-24-11-4-12-25-44/h1-38H. The number of rotatable bonds is 7. The summed E-state index contributed by atoms with van der Waals surface area (Å²) in [7, 11) is -2.64. The molecule has 0 saturated carbocycles. The molecule has 0 aliphatic carbocycles. The second kappa shape index (κ2) is 13.5. The normalized spacial score (nSPS) is 11.9. The first-order chi connectivity index (χ1) is 28.3. The third-order valence-corrected chi connectivity index (χ3v) is 16.7. The molecule has 3 heteroatoms. The Morgan fingerprint density at radius 2 is 0.719 bits per heavy atom. The number of hydrogen-bond donors (Lipinski definition) is 0. The minimum atomic E-state index is -2.64. The van der Waals surface area contributed by atoms with Crippen LogP contribution in [0.4, 0.5) is 0 Å². The summed E-state index contributed by atoms with van der Waals surface area (Å²) in [5.41, 5.74) is 9.58. The van der Waals surface area contributed by atoms with E-state index in [2.05, 4.69) is 240 Å². The first-order valence-electron chi connectivity index (χ1n) is 19.7. The van der Waals surface area contributed by atoms with E-state index in [1.807, 2.05) is 0 Å². The van der Waals surface area contributed by atoms with E-state index in [9.17, 15) is 0 Å². The molecule has 2 nitrogen and oxygen atoms in total. The number of hydrogen-bond acceptors (Lipinski definition) is 0. The molecule has 0 spiro atoms. The maximum atomic E-state index is 2.44. The van der Waals surface area contributed by atoms with E-state index in [0.29, 0.717) is 0 Å². The number of aromatic nitrogens is 2. The number of para-hydroxylation sites is 4. The van der Waals surface area contributed by atoms with Crippen LogP contribution in [0.2, 0.25) is 0 Å². The fraction of sp³-hybridized carbons (Fsp3) is 0. The molecule has 0 N–H and O–H groups in total. The van der Waals surface area contributed by atoms with Gasteiger partial charge in [-0.15, -0.1) is 0 Å². The van der Waals surface area contributed by atoms with Gasteiger partial charge in [-0.05, 0) is 74.8 Å². The Hall–Kier alpha value is -7.20.